The number of hydrogen-bond donors (Lipinski definition) is 1. The minimum Gasteiger partial charge on any atom is -0.388 e. The molecule has 2 unspecified atom stereocenters. The van der Waals surface area contributed by atoms with Gasteiger partial charge in [0.25, 0.3) is 0 Å². The summed E-state index contributed by atoms with van der Waals surface area (Å²) < 4.78 is 1.02. The average Bonchev–Trinajstić information content (AvgIpc) is 2.29. The zero-order valence-electron chi connectivity index (χ0n) is 5.76. The minimum absolute atomic E-state index is 0.196. The van der Waals surface area contributed by atoms with Crippen molar-refractivity contribution < 1.29 is 5.11 Å². The highest BCUT2D eigenvalue weighted by atomic mass is 79.9. The highest BCUT2D eigenvalue weighted by Gasteiger charge is 2.34. The van der Waals surface area contributed by atoms with Gasteiger partial charge in [-0.05, 0) is 31.1 Å². The third-order valence-corrected chi connectivity index (χ3v) is 3.37. The van der Waals surface area contributed by atoms with E-state index < -0.39 is 0 Å². The molecule has 56 valence electrons. The Bertz CT molecular complexity index is 176. The van der Waals surface area contributed by atoms with Crippen LogP contribution in [0.1, 0.15) is 19.3 Å². The van der Waals surface area contributed by atoms with Crippen molar-refractivity contribution in [2.45, 2.75) is 25.4 Å². The van der Waals surface area contributed by atoms with Crippen molar-refractivity contribution in [2.24, 2.45) is 11.8 Å². The molecule has 0 aromatic rings. The summed E-state index contributed by atoms with van der Waals surface area (Å²) in [4.78, 5) is 0. The van der Waals surface area contributed by atoms with E-state index in [0.29, 0.717) is 5.92 Å². The molecule has 2 aliphatic rings. The first-order chi connectivity index (χ1) is 4.77. The maximum absolute atomic E-state index is 9.55. The summed E-state index contributed by atoms with van der Waals surface area (Å²) in [7, 11) is 0. The van der Waals surface area contributed by atoms with Crippen LogP contribution in [0.25, 0.3) is 0 Å². The SMILES string of the molecule is O[C@@H]1C(Br)=CC2CCC1C2. The number of rotatable bonds is 0. The molecule has 0 amide bonds. The number of allylic oxidation sites excluding steroid dienone is 1. The van der Waals surface area contributed by atoms with Gasteiger partial charge in [0.2, 0.25) is 0 Å². The maximum Gasteiger partial charge on any atom is 0.0879 e. The first-order valence-corrected chi connectivity index (χ1v) is 4.62. The molecule has 10 heavy (non-hydrogen) atoms. The molecule has 1 N–H and O–H groups in total. The molecule has 2 aliphatic carbocycles. The van der Waals surface area contributed by atoms with E-state index in [1.807, 2.05) is 0 Å². The number of aliphatic hydroxyl groups is 1. The number of hydrogen-bond acceptors (Lipinski definition) is 1. The van der Waals surface area contributed by atoms with Crippen molar-refractivity contribution >= 4 is 15.9 Å². The Kier molecular flexibility index (Phi) is 1.61. The van der Waals surface area contributed by atoms with Crippen LogP contribution in [0, 0.1) is 11.8 Å². The van der Waals surface area contributed by atoms with E-state index in [2.05, 4.69) is 22.0 Å². The van der Waals surface area contributed by atoms with E-state index in [4.69, 9.17) is 0 Å². The summed E-state index contributed by atoms with van der Waals surface area (Å²) in [6.07, 6.45) is 5.66. The van der Waals surface area contributed by atoms with Gasteiger partial charge in [-0.2, -0.15) is 0 Å². The molecule has 0 aromatic heterocycles. The fourth-order valence-corrected chi connectivity index (χ4v) is 2.79. The van der Waals surface area contributed by atoms with Gasteiger partial charge in [-0.1, -0.05) is 22.0 Å². The third kappa shape index (κ3) is 0.940. The summed E-state index contributed by atoms with van der Waals surface area (Å²) in [5, 5.41) is 9.55. The Morgan fingerprint density at radius 2 is 2.30 bits per heavy atom. The zero-order valence-corrected chi connectivity index (χ0v) is 7.34. The summed E-state index contributed by atoms with van der Waals surface area (Å²) in [5.41, 5.74) is 0. The molecule has 0 heterocycles. The summed E-state index contributed by atoms with van der Waals surface area (Å²) in [6.45, 7) is 0. The molecule has 0 spiro atoms. The third-order valence-electron chi connectivity index (χ3n) is 2.64. The van der Waals surface area contributed by atoms with Gasteiger partial charge in [-0.25, -0.2) is 0 Å². The van der Waals surface area contributed by atoms with E-state index in [-0.39, 0.29) is 6.10 Å². The Balaban J connectivity index is 2.25. The highest BCUT2D eigenvalue weighted by molar-refractivity contribution is 9.11. The number of aliphatic hydroxyl groups excluding tert-OH is 1. The predicted molar refractivity (Wildman–Crippen MR) is 43.8 cm³/mol. The quantitative estimate of drug-likeness (QED) is 0.638. The molecular weight excluding hydrogens is 192 g/mol. The van der Waals surface area contributed by atoms with Gasteiger partial charge >= 0.3 is 0 Å². The van der Waals surface area contributed by atoms with Crippen LogP contribution in [0.3, 0.4) is 0 Å². The van der Waals surface area contributed by atoms with Crippen molar-refractivity contribution in [3.05, 3.63) is 10.6 Å². The molecular formula is C8H11BrO. The van der Waals surface area contributed by atoms with Crippen LogP contribution in [0.2, 0.25) is 0 Å². The lowest BCUT2D eigenvalue weighted by molar-refractivity contribution is 0.146. The van der Waals surface area contributed by atoms with E-state index in [0.717, 1.165) is 10.4 Å². The van der Waals surface area contributed by atoms with E-state index in [9.17, 15) is 5.11 Å². The van der Waals surface area contributed by atoms with Crippen molar-refractivity contribution in [3.63, 3.8) is 0 Å². The Morgan fingerprint density at radius 3 is 3.10 bits per heavy atom. The predicted octanol–water partition coefficient (Wildman–Crippen LogP) is 2.06. The first kappa shape index (κ1) is 6.86. The van der Waals surface area contributed by atoms with E-state index in [1.165, 1.54) is 19.3 Å². The van der Waals surface area contributed by atoms with Crippen LogP contribution < -0.4 is 0 Å². The van der Waals surface area contributed by atoms with Gasteiger partial charge in [0, 0.05) is 4.48 Å². The molecule has 2 bridgehead atoms. The molecule has 1 saturated carbocycles. The molecule has 3 atom stereocenters. The van der Waals surface area contributed by atoms with Crippen LogP contribution in [0.4, 0.5) is 0 Å². The summed E-state index contributed by atoms with van der Waals surface area (Å²) in [5.74, 6) is 1.30. The fraction of sp³-hybridized carbons (Fsp3) is 0.750. The molecule has 2 rings (SSSR count). The molecule has 1 nitrogen and oxygen atoms in total. The van der Waals surface area contributed by atoms with Crippen LogP contribution >= 0.6 is 15.9 Å². The highest BCUT2D eigenvalue weighted by Crippen LogP contribution is 2.42. The Morgan fingerprint density at radius 1 is 1.50 bits per heavy atom. The van der Waals surface area contributed by atoms with Gasteiger partial charge < -0.3 is 5.11 Å². The lowest BCUT2D eigenvalue weighted by Crippen LogP contribution is -2.21. The molecule has 0 aliphatic heterocycles. The molecule has 0 radical (unpaired) electrons. The second-order valence-electron chi connectivity index (χ2n) is 3.33. The summed E-state index contributed by atoms with van der Waals surface area (Å²) in [6, 6.07) is 0. The monoisotopic (exact) mass is 202 g/mol. The van der Waals surface area contributed by atoms with Gasteiger partial charge in [0.15, 0.2) is 0 Å². The lowest BCUT2D eigenvalue weighted by Gasteiger charge is -2.21. The zero-order chi connectivity index (χ0) is 7.14. The average molecular weight is 203 g/mol. The van der Waals surface area contributed by atoms with Crippen molar-refractivity contribution in [3.8, 4) is 0 Å². The second-order valence-corrected chi connectivity index (χ2v) is 4.25. The number of fused-ring (bicyclic) bond motifs is 2. The smallest absolute Gasteiger partial charge is 0.0879 e. The molecule has 0 aromatic carbocycles. The lowest BCUT2D eigenvalue weighted by atomic mass is 9.93. The van der Waals surface area contributed by atoms with Crippen molar-refractivity contribution in [1.82, 2.24) is 0 Å². The van der Waals surface area contributed by atoms with Crippen molar-refractivity contribution in [1.29, 1.82) is 0 Å². The van der Waals surface area contributed by atoms with Crippen LogP contribution in [-0.2, 0) is 0 Å². The normalized spacial score (nSPS) is 45.4. The van der Waals surface area contributed by atoms with Gasteiger partial charge in [-0.3, -0.25) is 0 Å². The fourth-order valence-electron chi connectivity index (χ4n) is 2.04. The summed E-state index contributed by atoms with van der Waals surface area (Å²) >= 11 is 3.39. The van der Waals surface area contributed by atoms with Crippen LogP contribution in [-0.4, -0.2) is 11.2 Å². The molecule has 2 heteroatoms. The Hall–Kier alpha value is 0.180. The first-order valence-electron chi connectivity index (χ1n) is 3.82. The largest absolute Gasteiger partial charge is 0.388 e. The van der Waals surface area contributed by atoms with Crippen LogP contribution in [0.15, 0.2) is 10.6 Å². The van der Waals surface area contributed by atoms with Gasteiger partial charge in [0.1, 0.15) is 0 Å². The van der Waals surface area contributed by atoms with Gasteiger partial charge in [0.05, 0.1) is 6.10 Å². The maximum atomic E-state index is 9.55. The minimum atomic E-state index is -0.196. The molecule has 0 saturated heterocycles. The molecule has 1 fully saturated rings. The standard InChI is InChI=1S/C8H11BrO/c9-7-4-5-1-2-6(3-5)8(7)10/h4-6,8,10H,1-3H2/t5?,6?,8-/m0/s1. The Labute approximate surface area is 69.3 Å². The van der Waals surface area contributed by atoms with Crippen molar-refractivity contribution in [2.75, 3.05) is 0 Å². The van der Waals surface area contributed by atoms with Gasteiger partial charge in [-0.15, -0.1) is 0 Å². The van der Waals surface area contributed by atoms with E-state index >= 15 is 0 Å². The van der Waals surface area contributed by atoms with Crippen LogP contribution in [0.5, 0.6) is 0 Å². The second kappa shape index (κ2) is 2.35. The number of halogens is 1. The topological polar surface area (TPSA) is 20.2 Å². The van der Waals surface area contributed by atoms with E-state index in [1.54, 1.807) is 0 Å².